The maximum atomic E-state index is 5.07. The number of hydrogen-bond donors (Lipinski definition) is 7. The van der Waals surface area contributed by atoms with Gasteiger partial charge in [0.05, 0.1) is 18.3 Å². The average Bonchev–Trinajstić information content (AvgIpc) is 4.14. The van der Waals surface area contributed by atoms with Crippen molar-refractivity contribution in [1.82, 2.24) is 52.2 Å². The van der Waals surface area contributed by atoms with Crippen LogP contribution in [0.4, 0.5) is 0 Å². The lowest BCUT2D eigenvalue weighted by molar-refractivity contribution is 0.0968. The lowest BCUT2D eigenvalue weighted by atomic mass is 10.2. The topological polar surface area (TPSA) is 170 Å². The zero-order valence-electron chi connectivity index (χ0n) is 38.0. The molecule has 0 amide bonds. The summed E-state index contributed by atoms with van der Waals surface area (Å²) >= 11 is 1.60. The number of pyridine rings is 1. The fourth-order valence-corrected chi connectivity index (χ4v) is 5.17. The molecule has 8 aliphatic heterocycles. The van der Waals surface area contributed by atoms with E-state index < -0.39 is 0 Å². The first-order chi connectivity index (χ1) is 31.0. The maximum absolute atomic E-state index is 5.07. The Morgan fingerprint density at radius 2 is 1.02 bits per heavy atom. The van der Waals surface area contributed by atoms with Crippen molar-refractivity contribution in [1.29, 1.82) is 0 Å². The highest BCUT2D eigenvalue weighted by Crippen LogP contribution is 2.14. The molecule has 0 unspecified atom stereocenters. The largest absolute Gasteiger partial charge is 0.452 e. The van der Waals surface area contributed by atoms with E-state index in [1.54, 1.807) is 54.0 Å². The molecule has 3 aromatic rings. The molecule has 14 nitrogen and oxygen atoms in total. The highest BCUT2D eigenvalue weighted by atomic mass is 32.1. The Morgan fingerprint density at radius 3 is 1.16 bits per heavy atom. The normalized spacial score (nSPS) is 18.8. The van der Waals surface area contributed by atoms with Gasteiger partial charge in [-0.3, -0.25) is 35.9 Å². The van der Waals surface area contributed by atoms with Crippen LogP contribution in [0.2, 0.25) is 0 Å². The molecular formula is C47H84N12O2S. The lowest BCUT2D eigenvalue weighted by Crippen LogP contribution is -2.47. The Morgan fingerprint density at radius 1 is 0.484 bits per heavy atom. The minimum atomic E-state index is 0.889. The molecule has 15 heteroatoms. The van der Waals surface area contributed by atoms with Crippen molar-refractivity contribution in [3.63, 3.8) is 0 Å². The molecule has 6 saturated heterocycles. The van der Waals surface area contributed by atoms with Crippen molar-refractivity contribution in [2.45, 2.75) is 103 Å². The summed E-state index contributed by atoms with van der Waals surface area (Å²) < 4.78 is 9.54. The number of ether oxygens (including phenoxy) is 1. The molecule has 1 aliphatic carbocycles. The molecule has 7 fully saturated rings. The van der Waals surface area contributed by atoms with Gasteiger partial charge in [0, 0.05) is 82.2 Å². The van der Waals surface area contributed by atoms with Gasteiger partial charge in [0.2, 0.25) is 0 Å². The first-order valence-electron chi connectivity index (χ1n) is 23.3. The average molecular weight is 881 g/mol. The molecule has 1 saturated carbocycles. The van der Waals surface area contributed by atoms with Crippen molar-refractivity contribution in [2.24, 2.45) is 9.98 Å². The van der Waals surface area contributed by atoms with Crippen molar-refractivity contribution < 1.29 is 9.15 Å². The Kier molecular flexibility index (Phi) is 48.9. The van der Waals surface area contributed by atoms with Gasteiger partial charge in [0.1, 0.15) is 6.26 Å². The second-order valence-electron chi connectivity index (χ2n) is 14.5. The van der Waals surface area contributed by atoms with Crippen LogP contribution in [-0.4, -0.2) is 120 Å². The number of hydrogen-bond acceptors (Lipinski definition) is 15. The zero-order chi connectivity index (χ0) is 43.8. The predicted molar refractivity (Wildman–Crippen MR) is 263 cm³/mol. The molecule has 9 aliphatic rings. The molecule has 62 heavy (non-hydrogen) atoms. The molecule has 0 bridgehead atoms. The fraction of sp³-hybridized carbons (Fsp3) is 0.638. The molecule has 350 valence electrons. The molecule has 0 aromatic carbocycles. The summed E-state index contributed by atoms with van der Waals surface area (Å²) in [4.78, 5) is 18.7. The molecule has 0 spiro atoms. The second kappa shape index (κ2) is 53.6. The number of allylic oxidation sites excluding steroid dienone is 2. The van der Waals surface area contributed by atoms with Gasteiger partial charge in [-0.05, 0) is 135 Å². The standard InChI is InChI=1S/2C5H11N.C5H5N.C5H10O.C4H9N.2C4H5N.C3H9N3.C3H3NO.C3H3NS.C3H7N.C3H6/c4*1-2-4-6-5-3-1;3*1-2-4-5-3-1;1-4-2-6-3-5-1;2*1-2-5-3-4-1;1-2-4-3-1;1-2-3-1/h2*6H,1-5H2;1-5H;1-5H2;5H,1-4H2;1,3-4H,2H2;1-3H,4H2;4-6H,1-3H2;2*1-3H;4H,1-3H2;1-3H2. The van der Waals surface area contributed by atoms with Gasteiger partial charge in [-0.1, -0.05) is 50.3 Å². The first kappa shape index (κ1) is 56.5. The molecule has 0 atom stereocenters. The zero-order valence-corrected chi connectivity index (χ0v) is 38.8. The van der Waals surface area contributed by atoms with Crippen molar-refractivity contribution in [3.05, 3.63) is 91.0 Å². The van der Waals surface area contributed by atoms with Crippen LogP contribution in [-0.2, 0) is 4.74 Å². The number of aromatic nitrogens is 3. The Bertz CT molecular complexity index is 1040. The molecule has 7 N–H and O–H groups in total. The second-order valence-corrected chi connectivity index (χ2v) is 15.2. The van der Waals surface area contributed by atoms with Gasteiger partial charge in [-0.25, -0.2) is 4.98 Å². The van der Waals surface area contributed by atoms with E-state index in [9.17, 15) is 0 Å². The summed E-state index contributed by atoms with van der Waals surface area (Å²) in [7, 11) is 0. The van der Waals surface area contributed by atoms with Gasteiger partial charge >= 0.3 is 0 Å². The molecule has 3 aromatic heterocycles. The predicted octanol–water partition coefficient (Wildman–Crippen LogP) is 7.37. The van der Waals surface area contributed by atoms with E-state index in [0.717, 1.165) is 46.2 Å². The smallest absolute Gasteiger partial charge is 0.180 e. The van der Waals surface area contributed by atoms with Gasteiger partial charge in [-0.15, -0.1) is 11.3 Å². The van der Waals surface area contributed by atoms with Crippen LogP contribution in [0.1, 0.15) is 103 Å². The van der Waals surface area contributed by atoms with E-state index in [4.69, 9.17) is 4.74 Å². The molecule has 0 radical (unpaired) electrons. The summed E-state index contributed by atoms with van der Waals surface area (Å²) in [6.07, 6.45) is 43.3. The van der Waals surface area contributed by atoms with Crippen LogP contribution in [0.15, 0.2) is 105 Å². The third-order valence-corrected chi connectivity index (χ3v) is 9.12. The Hall–Kier alpha value is -3.51. The number of nitrogens with zero attached hydrogens (tertiary/aromatic N) is 5. The minimum absolute atomic E-state index is 0.889. The molecular weight excluding hydrogens is 797 g/mol. The van der Waals surface area contributed by atoms with Crippen molar-refractivity contribution in [2.75, 3.05) is 92.1 Å². The van der Waals surface area contributed by atoms with Gasteiger partial charge in [-0.2, -0.15) is 0 Å². The summed E-state index contributed by atoms with van der Waals surface area (Å²) in [5.74, 6) is 0. The number of aliphatic imine (C=N–C) groups is 2. The van der Waals surface area contributed by atoms with E-state index in [1.165, 1.54) is 161 Å². The van der Waals surface area contributed by atoms with Crippen LogP contribution in [0.3, 0.4) is 0 Å². The van der Waals surface area contributed by atoms with E-state index in [-0.39, 0.29) is 0 Å². The monoisotopic (exact) mass is 881 g/mol. The summed E-state index contributed by atoms with van der Waals surface area (Å²) in [5, 5.41) is 24.0. The van der Waals surface area contributed by atoms with Crippen LogP contribution < -0.4 is 37.2 Å². The number of rotatable bonds is 0. The maximum Gasteiger partial charge on any atom is 0.180 e. The Balaban J connectivity index is 0.000000339. The number of piperidine rings is 2. The summed E-state index contributed by atoms with van der Waals surface area (Å²) in [5.41, 5.74) is 1.79. The third kappa shape index (κ3) is 54.5. The summed E-state index contributed by atoms with van der Waals surface area (Å²) in [6, 6.07) is 5.72. The van der Waals surface area contributed by atoms with E-state index >= 15 is 0 Å². The van der Waals surface area contributed by atoms with Gasteiger partial charge in [0.15, 0.2) is 6.39 Å². The first-order valence-corrected chi connectivity index (χ1v) is 24.3. The lowest BCUT2D eigenvalue weighted by Gasteiger charge is -2.13. The van der Waals surface area contributed by atoms with E-state index in [2.05, 4.69) is 66.6 Å². The summed E-state index contributed by atoms with van der Waals surface area (Å²) in [6.45, 7) is 15.7. The SMILES string of the molecule is C1=CCN=C1.C1=CN=CC1.C1CC1.C1CCNC1.C1CCNCC1.C1CCNCC1.C1CCOCC1.C1CNC1.C1NCNCN1.c1ccncc1.c1cocn1.c1cscn1. The number of oxazole rings is 1. The minimum Gasteiger partial charge on any atom is -0.452 e. The van der Waals surface area contributed by atoms with Gasteiger partial charge < -0.3 is 30.4 Å². The van der Waals surface area contributed by atoms with Crippen molar-refractivity contribution in [3.8, 4) is 0 Å². The van der Waals surface area contributed by atoms with Crippen LogP contribution in [0.25, 0.3) is 0 Å². The van der Waals surface area contributed by atoms with Crippen molar-refractivity contribution >= 4 is 23.8 Å². The number of nitrogens with one attached hydrogen (secondary N) is 7. The highest BCUT2D eigenvalue weighted by Gasteiger charge is 1.97. The van der Waals surface area contributed by atoms with Crippen LogP contribution >= 0.6 is 11.3 Å². The molecule has 11 heterocycles. The van der Waals surface area contributed by atoms with E-state index in [0.29, 0.717) is 0 Å². The van der Waals surface area contributed by atoms with E-state index in [1.807, 2.05) is 48.0 Å². The Labute approximate surface area is 379 Å². The van der Waals surface area contributed by atoms with Crippen LogP contribution in [0, 0.1) is 0 Å². The van der Waals surface area contributed by atoms with Gasteiger partial charge in [0.25, 0.3) is 0 Å². The number of thiazole rings is 1. The quantitative estimate of drug-likeness (QED) is 0.120. The third-order valence-electron chi connectivity index (χ3n) is 8.60. The van der Waals surface area contributed by atoms with Crippen LogP contribution in [0.5, 0.6) is 0 Å². The molecule has 12 rings (SSSR count). The fourth-order valence-electron chi connectivity index (χ4n) is 4.82. The highest BCUT2D eigenvalue weighted by molar-refractivity contribution is 7.07.